The number of nitrogens with zero attached hydrogens (tertiary/aromatic N) is 1. The van der Waals surface area contributed by atoms with Crippen molar-refractivity contribution < 1.29 is 17.6 Å². The molecule has 0 atom stereocenters. The van der Waals surface area contributed by atoms with Crippen molar-refractivity contribution in [2.24, 2.45) is 0 Å². The van der Waals surface area contributed by atoms with Gasteiger partial charge in [0.1, 0.15) is 5.52 Å². The Morgan fingerprint density at radius 2 is 2.00 bits per heavy atom. The van der Waals surface area contributed by atoms with Crippen LogP contribution in [0, 0.1) is 3.57 Å². The van der Waals surface area contributed by atoms with Crippen LogP contribution < -0.4 is 0 Å². The van der Waals surface area contributed by atoms with E-state index in [1.165, 1.54) is 12.1 Å². The monoisotopic (exact) mass is 313 g/mol. The molecule has 0 aliphatic heterocycles. The summed E-state index contributed by atoms with van der Waals surface area (Å²) in [5.74, 6) is -1.20. The van der Waals surface area contributed by atoms with Gasteiger partial charge in [-0.25, -0.2) is 4.98 Å². The number of oxazole rings is 1. The zero-order valence-electron chi connectivity index (χ0n) is 6.60. The lowest BCUT2D eigenvalue weighted by molar-refractivity contribution is -0.156. The minimum atomic E-state index is -4.52. The first kappa shape index (κ1) is 9.75. The first-order valence-electron chi connectivity index (χ1n) is 3.60. The molecule has 74 valence electrons. The van der Waals surface area contributed by atoms with E-state index in [1.54, 1.807) is 6.07 Å². The van der Waals surface area contributed by atoms with E-state index in [0.717, 1.165) is 3.57 Å². The highest BCUT2D eigenvalue weighted by Crippen LogP contribution is 2.31. The van der Waals surface area contributed by atoms with Gasteiger partial charge in [0.2, 0.25) is 0 Å². The first-order chi connectivity index (χ1) is 6.47. The molecule has 0 bridgehead atoms. The van der Waals surface area contributed by atoms with Gasteiger partial charge in [0.05, 0.1) is 0 Å². The molecule has 1 heterocycles. The molecule has 0 aliphatic rings. The highest BCUT2D eigenvalue weighted by atomic mass is 127. The third-order valence-corrected chi connectivity index (χ3v) is 2.26. The highest BCUT2D eigenvalue weighted by molar-refractivity contribution is 14.1. The van der Waals surface area contributed by atoms with E-state index in [-0.39, 0.29) is 11.1 Å². The summed E-state index contributed by atoms with van der Waals surface area (Å²) in [5, 5.41) is 0. The predicted octanol–water partition coefficient (Wildman–Crippen LogP) is 3.45. The summed E-state index contributed by atoms with van der Waals surface area (Å²) in [6.07, 6.45) is -4.52. The Morgan fingerprint density at radius 3 is 2.64 bits per heavy atom. The molecule has 0 fully saturated rings. The van der Waals surface area contributed by atoms with Crippen LogP contribution in [0.4, 0.5) is 13.2 Å². The summed E-state index contributed by atoms with van der Waals surface area (Å²) in [6, 6.07) is 4.67. The average Bonchev–Trinajstić information content (AvgIpc) is 2.45. The summed E-state index contributed by atoms with van der Waals surface area (Å²) < 4.78 is 41.9. The number of hydrogen-bond donors (Lipinski definition) is 0. The maximum absolute atomic E-state index is 12.2. The fourth-order valence-electron chi connectivity index (χ4n) is 1.02. The lowest BCUT2D eigenvalue weighted by Gasteiger charge is -1.96. The molecule has 0 N–H and O–H groups in total. The Labute approximate surface area is 90.3 Å². The summed E-state index contributed by atoms with van der Waals surface area (Å²) in [6.45, 7) is 0. The molecular formula is C8H3F3INO. The van der Waals surface area contributed by atoms with Gasteiger partial charge in [-0.3, -0.25) is 0 Å². The van der Waals surface area contributed by atoms with Crippen LogP contribution in [0.5, 0.6) is 0 Å². The van der Waals surface area contributed by atoms with E-state index < -0.39 is 12.1 Å². The Balaban J connectivity index is 2.63. The van der Waals surface area contributed by atoms with Crippen LogP contribution in [-0.2, 0) is 6.18 Å². The zero-order valence-corrected chi connectivity index (χ0v) is 8.76. The SMILES string of the molecule is FC(F)(F)c1nc2cc(I)ccc2o1. The van der Waals surface area contributed by atoms with E-state index in [1.807, 2.05) is 22.6 Å². The third kappa shape index (κ3) is 1.70. The number of benzene rings is 1. The van der Waals surface area contributed by atoms with Crippen molar-refractivity contribution in [2.75, 3.05) is 0 Å². The molecule has 0 unspecified atom stereocenters. The molecule has 0 aliphatic carbocycles. The molecule has 0 radical (unpaired) electrons. The molecule has 0 spiro atoms. The number of halogens is 4. The Hall–Kier alpha value is -0.790. The molecule has 6 heteroatoms. The minimum absolute atomic E-state index is 0.151. The van der Waals surface area contributed by atoms with Crippen LogP contribution in [0.15, 0.2) is 22.6 Å². The number of rotatable bonds is 0. The molecule has 0 amide bonds. The van der Waals surface area contributed by atoms with Crippen molar-refractivity contribution in [1.82, 2.24) is 4.98 Å². The van der Waals surface area contributed by atoms with E-state index in [2.05, 4.69) is 9.40 Å². The normalized spacial score (nSPS) is 12.3. The smallest absolute Gasteiger partial charge is 0.433 e. The number of alkyl halides is 3. The van der Waals surface area contributed by atoms with Gasteiger partial charge < -0.3 is 4.42 Å². The largest absolute Gasteiger partial charge is 0.468 e. The Kier molecular flexibility index (Phi) is 2.17. The second kappa shape index (κ2) is 3.11. The summed E-state index contributed by atoms with van der Waals surface area (Å²) >= 11 is 2.00. The summed E-state index contributed by atoms with van der Waals surface area (Å²) in [5.41, 5.74) is 0.377. The Morgan fingerprint density at radius 1 is 1.29 bits per heavy atom. The quantitative estimate of drug-likeness (QED) is 0.696. The van der Waals surface area contributed by atoms with Crippen molar-refractivity contribution in [2.45, 2.75) is 6.18 Å². The van der Waals surface area contributed by atoms with Gasteiger partial charge in [-0.1, -0.05) is 0 Å². The molecule has 0 saturated heterocycles. The highest BCUT2D eigenvalue weighted by Gasteiger charge is 2.37. The van der Waals surface area contributed by atoms with E-state index in [0.29, 0.717) is 0 Å². The van der Waals surface area contributed by atoms with Gasteiger partial charge in [0, 0.05) is 3.57 Å². The average molecular weight is 313 g/mol. The van der Waals surface area contributed by atoms with Crippen molar-refractivity contribution in [3.8, 4) is 0 Å². The molecule has 0 saturated carbocycles. The van der Waals surface area contributed by atoms with Crippen LogP contribution in [0.3, 0.4) is 0 Å². The fourth-order valence-corrected chi connectivity index (χ4v) is 1.50. The zero-order chi connectivity index (χ0) is 10.3. The van der Waals surface area contributed by atoms with E-state index in [4.69, 9.17) is 0 Å². The second-order valence-corrected chi connectivity index (χ2v) is 3.87. The van der Waals surface area contributed by atoms with Gasteiger partial charge in [-0.05, 0) is 40.8 Å². The van der Waals surface area contributed by atoms with Gasteiger partial charge in [-0.2, -0.15) is 13.2 Å². The van der Waals surface area contributed by atoms with Crippen LogP contribution in [-0.4, -0.2) is 4.98 Å². The van der Waals surface area contributed by atoms with Gasteiger partial charge in [-0.15, -0.1) is 0 Å². The van der Waals surface area contributed by atoms with Gasteiger partial charge in [0.15, 0.2) is 5.58 Å². The lowest BCUT2D eigenvalue weighted by Crippen LogP contribution is -2.04. The van der Waals surface area contributed by atoms with Gasteiger partial charge in [0.25, 0.3) is 0 Å². The van der Waals surface area contributed by atoms with Crippen LogP contribution >= 0.6 is 22.6 Å². The number of aromatic nitrogens is 1. The predicted molar refractivity (Wildman–Crippen MR) is 51.7 cm³/mol. The number of hydrogen-bond acceptors (Lipinski definition) is 2. The van der Waals surface area contributed by atoms with Crippen molar-refractivity contribution in [3.63, 3.8) is 0 Å². The molecule has 2 aromatic rings. The van der Waals surface area contributed by atoms with Crippen LogP contribution in [0.1, 0.15) is 5.89 Å². The van der Waals surface area contributed by atoms with Crippen molar-refractivity contribution in [3.05, 3.63) is 27.7 Å². The second-order valence-electron chi connectivity index (χ2n) is 2.63. The van der Waals surface area contributed by atoms with Crippen LogP contribution in [0.25, 0.3) is 11.1 Å². The Bertz CT molecular complexity index is 477. The first-order valence-corrected chi connectivity index (χ1v) is 4.68. The van der Waals surface area contributed by atoms with Crippen LogP contribution in [0.2, 0.25) is 0 Å². The maximum atomic E-state index is 12.2. The summed E-state index contributed by atoms with van der Waals surface area (Å²) in [4.78, 5) is 3.35. The molecule has 2 rings (SSSR count). The molecule has 2 nitrogen and oxygen atoms in total. The van der Waals surface area contributed by atoms with Crippen molar-refractivity contribution >= 4 is 33.7 Å². The van der Waals surface area contributed by atoms with E-state index in [9.17, 15) is 13.2 Å². The fraction of sp³-hybridized carbons (Fsp3) is 0.125. The van der Waals surface area contributed by atoms with Gasteiger partial charge >= 0.3 is 12.1 Å². The lowest BCUT2D eigenvalue weighted by atomic mass is 10.3. The molecule has 1 aromatic heterocycles. The standard InChI is InChI=1S/C8H3F3INO/c9-8(10,11)7-13-5-3-4(12)1-2-6(5)14-7/h1-3H. The maximum Gasteiger partial charge on any atom is 0.468 e. The van der Waals surface area contributed by atoms with E-state index >= 15 is 0 Å². The third-order valence-electron chi connectivity index (χ3n) is 1.59. The topological polar surface area (TPSA) is 26.0 Å². The summed E-state index contributed by atoms with van der Waals surface area (Å²) in [7, 11) is 0. The molecular weight excluding hydrogens is 310 g/mol. The van der Waals surface area contributed by atoms with Crippen molar-refractivity contribution in [1.29, 1.82) is 0 Å². The number of fused-ring (bicyclic) bond motifs is 1. The minimum Gasteiger partial charge on any atom is -0.433 e. The molecule has 1 aromatic carbocycles. The molecule has 14 heavy (non-hydrogen) atoms.